The molecule has 0 fully saturated rings. The fourth-order valence-corrected chi connectivity index (χ4v) is 3.46. The number of pyridine rings is 1. The van der Waals surface area contributed by atoms with Crippen molar-refractivity contribution < 1.29 is 28.6 Å². The number of aryl methyl sites for hydroxylation is 2. The van der Waals surface area contributed by atoms with Gasteiger partial charge >= 0.3 is 11.9 Å². The second kappa shape index (κ2) is 8.59. The summed E-state index contributed by atoms with van der Waals surface area (Å²) in [6, 6.07) is 7.02. The van der Waals surface area contributed by atoms with Crippen LogP contribution in [0, 0.1) is 20.8 Å². The summed E-state index contributed by atoms with van der Waals surface area (Å²) >= 11 is 0. The van der Waals surface area contributed by atoms with Gasteiger partial charge in [-0.2, -0.15) is 0 Å². The van der Waals surface area contributed by atoms with Crippen LogP contribution in [0.1, 0.15) is 55.1 Å². The zero-order valence-corrected chi connectivity index (χ0v) is 18.3. The van der Waals surface area contributed by atoms with Gasteiger partial charge in [-0.25, -0.2) is 9.59 Å². The number of nitrogens with one attached hydrogen (secondary N) is 1. The quantitative estimate of drug-likeness (QED) is 0.475. The first-order valence-electron chi connectivity index (χ1n) is 9.66. The van der Waals surface area contributed by atoms with Gasteiger partial charge in [0.15, 0.2) is 6.10 Å². The lowest BCUT2D eigenvalue weighted by molar-refractivity contribution is 0.0315. The molecule has 1 atom stereocenters. The second-order valence-corrected chi connectivity index (χ2v) is 7.21. The van der Waals surface area contributed by atoms with E-state index in [1.807, 2.05) is 0 Å². The van der Waals surface area contributed by atoms with Crippen LogP contribution in [0.2, 0.25) is 0 Å². The van der Waals surface area contributed by atoms with Gasteiger partial charge in [0, 0.05) is 17.1 Å². The van der Waals surface area contributed by atoms with Gasteiger partial charge in [0.05, 0.1) is 42.3 Å². The SMILES string of the molecule is COC(=O)c1c(C)[nH]c(C(=O)C(C)OC(=O)c2cc3ccc(OC)cc3nc2C)c1C. The lowest BCUT2D eigenvalue weighted by atomic mass is 10.1. The number of hydrogen-bond donors (Lipinski definition) is 1. The minimum atomic E-state index is -1.07. The van der Waals surface area contributed by atoms with Crippen LogP contribution in [0.4, 0.5) is 0 Å². The van der Waals surface area contributed by atoms with E-state index in [-0.39, 0.29) is 11.3 Å². The van der Waals surface area contributed by atoms with Gasteiger partial charge in [-0.1, -0.05) is 0 Å². The molecule has 31 heavy (non-hydrogen) atoms. The van der Waals surface area contributed by atoms with Gasteiger partial charge in [-0.15, -0.1) is 0 Å². The summed E-state index contributed by atoms with van der Waals surface area (Å²) in [7, 11) is 2.84. The number of nitrogens with zero attached hydrogens (tertiary/aromatic N) is 1. The fourth-order valence-electron chi connectivity index (χ4n) is 3.46. The van der Waals surface area contributed by atoms with E-state index in [0.29, 0.717) is 33.8 Å². The topological polar surface area (TPSA) is 108 Å². The Morgan fingerprint density at radius 2 is 1.74 bits per heavy atom. The van der Waals surface area contributed by atoms with E-state index in [0.717, 1.165) is 5.39 Å². The molecule has 0 aliphatic carbocycles. The van der Waals surface area contributed by atoms with E-state index in [1.54, 1.807) is 52.1 Å². The summed E-state index contributed by atoms with van der Waals surface area (Å²) in [5.74, 6) is -0.973. The number of aromatic nitrogens is 2. The van der Waals surface area contributed by atoms with Crippen molar-refractivity contribution in [2.45, 2.75) is 33.8 Å². The Bertz CT molecular complexity index is 1190. The molecule has 3 rings (SSSR count). The van der Waals surface area contributed by atoms with Gasteiger partial charge in [0.25, 0.3) is 0 Å². The number of methoxy groups -OCH3 is 2. The Kier molecular flexibility index (Phi) is 6.10. The lowest BCUT2D eigenvalue weighted by Gasteiger charge is -2.14. The Morgan fingerprint density at radius 1 is 1.03 bits per heavy atom. The zero-order chi connectivity index (χ0) is 22.9. The molecule has 1 aromatic carbocycles. The number of rotatable bonds is 6. The minimum absolute atomic E-state index is 0.207. The maximum absolute atomic E-state index is 12.9. The van der Waals surface area contributed by atoms with E-state index in [2.05, 4.69) is 9.97 Å². The number of esters is 2. The average molecular weight is 424 g/mol. The largest absolute Gasteiger partial charge is 0.497 e. The molecule has 2 heterocycles. The molecule has 0 radical (unpaired) electrons. The first-order chi connectivity index (χ1) is 14.7. The molecule has 0 aliphatic rings. The normalized spacial score (nSPS) is 11.8. The highest BCUT2D eigenvalue weighted by molar-refractivity contribution is 6.05. The molecule has 8 heteroatoms. The average Bonchev–Trinajstić information content (AvgIpc) is 3.05. The highest BCUT2D eigenvalue weighted by atomic mass is 16.5. The number of Topliss-reactive ketones (excluding diaryl/α,β-unsaturated/α-hetero) is 1. The van der Waals surface area contributed by atoms with Gasteiger partial charge < -0.3 is 19.2 Å². The molecule has 2 aromatic heterocycles. The summed E-state index contributed by atoms with van der Waals surface area (Å²) in [4.78, 5) is 45.0. The molecule has 3 aromatic rings. The highest BCUT2D eigenvalue weighted by Crippen LogP contribution is 2.24. The molecule has 8 nitrogen and oxygen atoms in total. The van der Waals surface area contributed by atoms with Crippen molar-refractivity contribution in [2.24, 2.45) is 0 Å². The molecule has 0 amide bonds. The van der Waals surface area contributed by atoms with Crippen LogP contribution in [0.15, 0.2) is 24.3 Å². The van der Waals surface area contributed by atoms with Crippen molar-refractivity contribution in [3.8, 4) is 5.75 Å². The Hall–Kier alpha value is -3.68. The summed E-state index contributed by atoms with van der Waals surface area (Å²) in [6.45, 7) is 6.50. The van der Waals surface area contributed by atoms with E-state index in [9.17, 15) is 14.4 Å². The number of carbonyl (C=O) groups is 3. The van der Waals surface area contributed by atoms with Gasteiger partial charge in [-0.3, -0.25) is 9.78 Å². The smallest absolute Gasteiger partial charge is 0.340 e. The standard InChI is InChI=1S/C23H24N2O6/c1-11-19(23(28)30-6)13(3)25-20(11)21(26)14(4)31-22(27)17-9-15-7-8-16(29-5)10-18(15)24-12(17)2/h7-10,14,25H,1-6H3. The number of hydrogen-bond acceptors (Lipinski definition) is 7. The maximum atomic E-state index is 12.9. The van der Waals surface area contributed by atoms with Gasteiger partial charge in [-0.05, 0) is 51.5 Å². The van der Waals surface area contributed by atoms with Gasteiger partial charge in [0.2, 0.25) is 5.78 Å². The molecular weight excluding hydrogens is 400 g/mol. The molecule has 1 N–H and O–H groups in total. The van der Waals surface area contributed by atoms with Crippen LogP contribution >= 0.6 is 0 Å². The van der Waals surface area contributed by atoms with Crippen LogP contribution in [0.3, 0.4) is 0 Å². The number of H-pyrrole nitrogens is 1. The first kappa shape index (κ1) is 22.0. The summed E-state index contributed by atoms with van der Waals surface area (Å²) in [6.07, 6.45) is -1.07. The van der Waals surface area contributed by atoms with E-state index in [1.165, 1.54) is 14.0 Å². The third kappa shape index (κ3) is 4.14. The molecule has 0 saturated heterocycles. The molecule has 0 saturated carbocycles. The predicted molar refractivity (Wildman–Crippen MR) is 114 cm³/mol. The number of benzene rings is 1. The Balaban J connectivity index is 1.84. The van der Waals surface area contributed by atoms with Crippen LogP contribution in [0.5, 0.6) is 5.75 Å². The molecule has 0 spiro atoms. The third-order valence-electron chi connectivity index (χ3n) is 5.16. The van der Waals surface area contributed by atoms with Gasteiger partial charge in [0.1, 0.15) is 5.75 Å². The van der Waals surface area contributed by atoms with Crippen molar-refractivity contribution in [3.05, 3.63) is 58.0 Å². The van der Waals surface area contributed by atoms with E-state index in [4.69, 9.17) is 14.2 Å². The predicted octanol–water partition coefficient (Wildman–Crippen LogP) is 3.71. The summed E-state index contributed by atoms with van der Waals surface area (Å²) in [5.41, 5.74) is 2.90. The monoisotopic (exact) mass is 424 g/mol. The second-order valence-electron chi connectivity index (χ2n) is 7.21. The minimum Gasteiger partial charge on any atom is -0.497 e. The Labute approximate surface area is 179 Å². The molecule has 1 unspecified atom stereocenters. The van der Waals surface area contributed by atoms with Crippen LogP contribution in [-0.2, 0) is 9.47 Å². The van der Waals surface area contributed by atoms with Crippen LogP contribution < -0.4 is 4.74 Å². The number of ether oxygens (including phenoxy) is 3. The molecule has 0 aliphatic heterocycles. The number of carbonyl (C=O) groups excluding carboxylic acids is 3. The van der Waals surface area contributed by atoms with Crippen molar-refractivity contribution in [1.29, 1.82) is 0 Å². The summed E-state index contributed by atoms with van der Waals surface area (Å²) < 4.78 is 15.4. The van der Waals surface area contributed by atoms with E-state index >= 15 is 0 Å². The Morgan fingerprint density at radius 3 is 2.39 bits per heavy atom. The zero-order valence-electron chi connectivity index (χ0n) is 18.3. The maximum Gasteiger partial charge on any atom is 0.340 e. The number of ketones is 1. The van der Waals surface area contributed by atoms with Crippen molar-refractivity contribution in [2.75, 3.05) is 14.2 Å². The molecular formula is C23H24N2O6. The van der Waals surface area contributed by atoms with Crippen molar-refractivity contribution in [3.63, 3.8) is 0 Å². The third-order valence-corrected chi connectivity index (χ3v) is 5.16. The highest BCUT2D eigenvalue weighted by Gasteiger charge is 2.28. The fraction of sp³-hybridized carbons (Fsp3) is 0.304. The van der Waals surface area contributed by atoms with Crippen LogP contribution in [-0.4, -0.2) is 48.0 Å². The van der Waals surface area contributed by atoms with Crippen molar-refractivity contribution >= 4 is 28.6 Å². The van der Waals surface area contributed by atoms with E-state index < -0.39 is 23.8 Å². The number of aromatic amines is 1. The number of fused-ring (bicyclic) bond motifs is 1. The lowest BCUT2D eigenvalue weighted by Crippen LogP contribution is -2.26. The van der Waals surface area contributed by atoms with Crippen LogP contribution in [0.25, 0.3) is 10.9 Å². The molecule has 162 valence electrons. The van der Waals surface area contributed by atoms with Crippen molar-refractivity contribution in [1.82, 2.24) is 9.97 Å². The molecule has 0 bridgehead atoms. The summed E-state index contributed by atoms with van der Waals surface area (Å²) in [5, 5.41) is 0.746. The first-order valence-corrected chi connectivity index (χ1v) is 9.66.